The highest BCUT2D eigenvalue weighted by molar-refractivity contribution is 6.05. The molecule has 2 aliphatic rings. The molecule has 0 unspecified atom stereocenters. The van der Waals surface area contributed by atoms with Gasteiger partial charge in [0, 0.05) is 42.5 Å². The third-order valence-corrected chi connectivity index (χ3v) is 7.72. The van der Waals surface area contributed by atoms with Gasteiger partial charge in [0.25, 0.3) is 23.3 Å². The minimum absolute atomic E-state index is 0.0125. The molecule has 0 bridgehead atoms. The topological polar surface area (TPSA) is 120 Å². The van der Waals surface area contributed by atoms with Gasteiger partial charge in [0.2, 0.25) is 0 Å². The van der Waals surface area contributed by atoms with E-state index in [2.05, 4.69) is 15.6 Å². The summed E-state index contributed by atoms with van der Waals surface area (Å²) in [5.41, 5.74) is 1.23. The van der Waals surface area contributed by atoms with E-state index in [4.69, 9.17) is 0 Å². The molecule has 1 aliphatic carbocycles. The summed E-state index contributed by atoms with van der Waals surface area (Å²) in [6, 6.07) is 10.5. The zero-order valence-electron chi connectivity index (χ0n) is 25.0. The number of hydrogen-bond donors (Lipinski definition) is 2. The van der Waals surface area contributed by atoms with Crippen LogP contribution in [0.4, 0.5) is 27.8 Å². The van der Waals surface area contributed by atoms with Gasteiger partial charge in [-0.2, -0.15) is 18.4 Å². The Morgan fingerprint density at radius 1 is 1.11 bits per heavy atom. The molecule has 2 fully saturated rings. The average Bonchev–Trinajstić information content (AvgIpc) is 3.83. The number of anilines is 1. The molecule has 2 N–H and O–H groups in total. The first-order valence-electron chi connectivity index (χ1n) is 14.7. The lowest BCUT2D eigenvalue weighted by Crippen LogP contribution is -2.58. The first kappa shape index (κ1) is 32.7. The van der Waals surface area contributed by atoms with Crippen LogP contribution in [0.25, 0.3) is 11.1 Å². The largest absolute Gasteiger partial charge is 0.390 e. The number of aromatic nitrogens is 2. The van der Waals surface area contributed by atoms with Crippen LogP contribution >= 0.6 is 0 Å². The van der Waals surface area contributed by atoms with Gasteiger partial charge in [0.05, 0.1) is 31.1 Å². The molecule has 0 spiro atoms. The molecule has 1 saturated carbocycles. The molecule has 242 valence electrons. The Morgan fingerprint density at radius 3 is 2.43 bits per heavy atom. The quantitative estimate of drug-likeness (QED) is 0.219. The Morgan fingerprint density at radius 2 is 1.83 bits per heavy atom. The minimum Gasteiger partial charge on any atom is -0.326 e. The molecule has 3 aromatic rings. The van der Waals surface area contributed by atoms with Gasteiger partial charge >= 0.3 is 6.18 Å². The number of amides is 2. The van der Waals surface area contributed by atoms with Gasteiger partial charge in [0.1, 0.15) is 11.4 Å². The molecule has 3 heterocycles. The van der Waals surface area contributed by atoms with Crippen molar-refractivity contribution in [3.63, 3.8) is 0 Å². The molecule has 2 aromatic heterocycles. The van der Waals surface area contributed by atoms with Gasteiger partial charge in [-0.15, -0.1) is 0 Å². The zero-order chi connectivity index (χ0) is 33.4. The van der Waals surface area contributed by atoms with Crippen LogP contribution in [0, 0.1) is 11.3 Å². The normalized spacial score (nSPS) is 15.8. The summed E-state index contributed by atoms with van der Waals surface area (Å²) in [7, 11) is 0. The number of halogens is 5. The van der Waals surface area contributed by atoms with Crippen LogP contribution < -0.4 is 16.2 Å². The van der Waals surface area contributed by atoms with Crippen LogP contribution in [0.5, 0.6) is 0 Å². The van der Waals surface area contributed by atoms with Crippen LogP contribution in [0.2, 0.25) is 0 Å². The van der Waals surface area contributed by atoms with Crippen molar-refractivity contribution < 1.29 is 31.5 Å². The second kappa shape index (κ2) is 12.6. The maximum Gasteiger partial charge on any atom is 0.390 e. The standard InChI is InChI=1S/C32H31F5N6O3/c1-18(2)43-15-20(14-39-8-7-32(35,36)37)10-25(30(43)46)28(44)41-27-12-22(11-26(40-27)21-4-5-21)23-6-3-19(13-38)9-24(23)29(45)42-16-31(33,34)17-42/h3,6,9-12,15,18,21,39H,4-5,7-8,14,16-17H2,1-2H3,(H,40,41,44). The molecule has 1 saturated heterocycles. The first-order valence-corrected chi connectivity index (χ1v) is 14.7. The lowest BCUT2D eigenvalue weighted by atomic mass is 9.95. The Bertz CT molecular complexity index is 1770. The third kappa shape index (κ3) is 7.59. The van der Waals surface area contributed by atoms with Gasteiger partial charge in [-0.25, -0.2) is 13.8 Å². The summed E-state index contributed by atoms with van der Waals surface area (Å²) in [5, 5.41) is 14.8. The van der Waals surface area contributed by atoms with E-state index in [0.29, 0.717) is 22.4 Å². The predicted octanol–water partition coefficient (Wildman–Crippen LogP) is 5.63. The van der Waals surface area contributed by atoms with Gasteiger partial charge < -0.3 is 20.1 Å². The van der Waals surface area contributed by atoms with Crippen LogP contribution in [-0.4, -0.2) is 58.0 Å². The molecule has 2 amide bonds. The molecule has 46 heavy (non-hydrogen) atoms. The van der Waals surface area contributed by atoms with E-state index in [1.165, 1.54) is 41.1 Å². The fraction of sp³-hybridized carbons (Fsp3) is 0.406. The van der Waals surface area contributed by atoms with E-state index in [1.54, 1.807) is 19.9 Å². The molecule has 1 aliphatic heterocycles. The fourth-order valence-corrected chi connectivity index (χ4v) is 5.18. The Labute approximate surface area is 261 Å². The van der Waals surface area contributed by atoms with Crippen LogP contribution in [0.1, 0.15) is 82.6 Å². The molecule has 0 atom stereocenters. The number of nitrogens with one attached hydrogen (secondary N) is 2. The number of carbonyl (C=O) groups excluding carboxylic acids is 2. The van der Waals surface area contributed by atoms with E-state index >= 15 is 0 Å². The predicted molar refractivity (Wildman–Crippen MR) is 159 cm³/mol. The number of alkyl halides is 5. The second-order valence-corrected chi connectivity index (χ2v) is 11.9. The molecule has 0 radical (unpaired) electrons. The molecule has 14 heteroatoms. The molecular formula is C32H31F5N6O3. The Hall–Kier alpha value is -4.64. The SMILES string of the molecule is CC(C)n1cc(CNCCC(F)(F)F)cc(C(=O)Nc2cc(-c3ccc(C#N)cc3C(=O)N3CC(F)(F)C3)cc(C3CC3)n2)c1=O. The van der Waals surface area contributed by atoms with E-state index in [1.807, 2.05) is 6.07 Å². The van der Waals surface area contributed by atoms with Crippen molar-refractivity contribution in [2.45, 2.75) is 63.7 Å². The van der Waals surface area contributed by atoms with Crippen molar-refractivity contribution in [2.24, 2.45) is 0 Å². The van der Waals surface area contributed by atoms with Crippen molar-refractivity contribution in [3.05, 3.63) is 80.9 Å². The average molecular weight is 643 g/mol. The number of hydrogen-bond acceptors (Lipinski definition) is 6. The first-order chi connectivity index (χ1) is 21.6. The zero-order valence-corrected chi connectivity index (χ0v) is 25.0. The highest BCUT2D eigenvalue weighted by Crippen LogP contribution is 2.41. The second-order valence-electron chi connectivity index (χ2n) is 11.9. The maximum atomic E-state index is 13.6. The number of rotatable bonds is 10. The summed E-state index contributed by atoms with van der Waals surface area (Å²) >= 11 is 0. The van der Waals surface area contributed by atoms with E-state index in [9.17, 15) is 41.6 Å². The number of nitriles is 1. The molecule has 1 aromatic carbocycles. The molecular weight excluding hydrogens is 611 g/mol. The highest BCUT2D eigenvalue weighted by Gasteiger charge is 2.46. The summed E-state index contributed by atoms with van der Waals surface area (Å²) in [6.07, 6.45) is -2.19. The number of carbonyl (C=O) groups is 2. The van der Waals surface area contributed by atoms with Gasteiger partial charge in [0.15, 0.2) is 0 Å². The lowest BCUT2D eigenvalue weighted by molar-refractivity contribution is -0.133. The van der Waals surface area contributed by atoms with Crippen molar-refractivity contribution >= 4 is 17.6 Å². The van der Waals surface area contributed by atoms with E-state index < -0.39 is 49.0 Å². The van der Waals surface area contributed by atoms with Gasteiger partial charge in [-0.1, -0.05) is 6.07 Å². The van der Waals surface area contributed by atoms with Crippen molar-refractivity contribution in [2.75, 3.05) is 25.0 Å². The fourth-order valence-electron chi connectivity index (χ4n) is 5.18. The summed E-state index contributed by atoms with van der Waals surface area (Å²) in [4.78, 5) is 45.6. The third-order valence-electron chi connectivity index (χ3n) is 7.72. The van der Waals surface area contributed by atoms with Crippen LogP contribution in [-0.2, 0) is 6.54 Å². The van der Waals surface area contributed by atoms with Gasteiger partial charge in [-0.05, 0) is 73.7 Å². The van der Waals surface area contributed by atoms with Gasteiger partial charge in [-0.3, -0.25) is 14.4 Å². The highest BCUT2D eigenvalue weighted by atomic mass is 19.4. The Kier molecular flexibility index (Phi) is 8.99. The van der Waals surface area contributed by atoms with E-state index in [-0.39, 0.29) is 47.6 Å². The summed E-state index contributed by atoms with van der Waals surface area (Å²) in [6.45, 7) is 1.63. The maximum absolute atomic E-state index is 13.6. The monoisotopic (exact) mass is 642 g/mol. The number of pyridine rings is 2. The number of nitrogens with zero attached hydrogens (tertiary/aromatic N) is 4. The van der Waals surface area contributed by atoms with Crippen LogP contribution in [0.3, 0.4) is 0 Å². The summed E-state index contributed by atoms with van der Waals surface area (Å²) in [5.74, 6) is -4.27. The minimum atomic E-state index is -4.33. The van der Waals surface area contributed by atoms with Crippen molar-refractivity contribution in [1.29, 1.82) is 5.26 Å². The molecule has 9 nitrogen and oxygen atoms in total. The Balaban J connectivity index is 1.47. The molecule has 5 rings (SSSR count). The number of benzene rings is 1. The number of likely N-dealkylation sites (tertiary alicyclic amines) is 1. The van der Waals surface area contributed by atoms with Crippen molar-refractivity contribution in [3.8, 4) is 17.2 Å². The van der Waals surface area contributed by atoms with Crippen LogP contribution in [0.15, 0.2) is 47.4 Å². The summed E-state index contributed by atoms with van der Waals surface area (Å²) < 4.78 is 66.2. The van der Waals surface area contributed by atoms with E-state index in [0.717, 1.165) is 17.7 Å². The lowest BCUT2D eigenvalue weighted by Gasteiger charge is -2.39. The smallest absolute Gasteiger partial charge is 0.326 e. The van der Waals surface area contributed by atoms with Crippen molar-refractivity contribution in [1.82, 2.24) is 19.8 Å².